The predicted octanol–water partition coefficient (Wildman–Crippen LogP) is 5.44. The number of halogens is 3. The van der Waals surface area contributed by atoms with Crippen molar-refractivity contribution in [1.29, 1.82) is 5.26 Å². The van der Waals surface area contributed by atoms with Crippen LogP contribution in [0.15, 0.2) is 71.6 Å². The number of anilines is 1. The van der Waals surface area contributed by atoms with E-state index in [0.717, 1.165) is 11.3 Å². The Bertz CT molecular complexity index is 1590. The number of rotatable bonds is 6. The number of nitrogens with one attached hydrogen (secondary N) is 1. The second-order valence-electron chi connectivity index (χ2n) is 7.19. The van der Waals surface area contributed by atoms with Gasteiger partial charge in [-0.25, -0.2) is 17.2 Å². The maximum Gasteiger partial charge on any atom is 0.261 e. The highest BCUT2D eigenvalue weighted by molar-refractivity contribution is 7.92. The van der Waals surface area contributed by atoms with Gasteiger partial charge in [0.1, 0.15) is 0 Å². The Hall–Kier alpha value is -4.14. The molecule has 0 saturated carbocycles. The summed E-state index contributed by atoms with van der Waals surface area (Å²) in [6, 6.07) is 16.8. The van der Waals surface area contributed by atoms with Crippen LogP contribution in [0.2, 0.25) is 0 Å². The van der Waals surface area contributed by atoms with E-state index in [-0.39, 0.29) is 15.5 Å². The normalized spacial score (nSPS) is 11.1. The Kier molecular flexibility index (Phi) is 6.34. The molecule has 4 aromatic rings. The van der Waals surface area contributed by atoms with E-state index in [0.29, 0.717) is 22.1 Å². The van der Waals surface area contributed by atoms with Crippen LogP contribution in [-0.2, 0) is 10.0 Å². The molecule has 0 amide bonds. The van der Waals surface area contributed by atoms with Crippen molar-refractivity contribution in [3.05, 3.63) is 100 Å². The molecule has 0 atom stereocenters. The molecule has 4 rings (SSSR count). The number of aromatic hydroxyl groups is 1. The number of sulfonamides is 1. The number of carbonyl (C=O) groups is 1. The van der Waals surface area contributed by atoms with Crippen LogP contribution >= 0.6 is 11.3 Å². The fraction of sp³-hybridized carbons (Fsp3) is 0. The Morgan fingerprint density at radius 1 is 0.943 bits per heavy atom. The molecule has 0 unspecified atom stereocenters. The van der Waals surface area contributed by atoms with Crippen LogP contribution in [0.5, 0.6) is 5.75 Å². The Balaban J connectivity index is 1.54. The summed E-state index contributed by atoms with van der Waals surface area (Å²) in [5, 5.41) is 18.2. The van der Waals surface area contributed by atoms with E-state index in [1.54, 1.807) is 18.2 Å². The molecule has 0 aliphatic heterocycles. The summed E-state index contributed by atoms with van der Waals surface area (Å²) in [6.45, 7) is 0. The fourth-order valence-electron chi connectivity index (χ4n) is 3.13. The van der Waals surface area contributed by atoms with E-state index < -0.39 is 44.6 Å². The molecule has 0 spiro atoms. The average molecular weight is 515 g/mol. The Morgan fingerprint density at radius 2 is 1.60 bits per heavy atom. The van der Waals surface area contributed by atoms with Gasteiger partial charge in [0, 0.05) is 10.6 Å². The Morgan fingerprint density at radius 3 is 2.23 bits per heavy atom. The average Bonchev–Trinajstić information content (AvgIpc) is 3.35. The third-order valence-corrected chi connectivity index (χ3v) is 7.45. The van der Waals surface area contributed by atoms with Gasteiger partial charge in [0.25, 0.3) is 10.0 Å². The Labute approximate surface area is 201 Å². The molecule has 3 aromatic carbocycles. The summed E-state index contributed by atoms with van der Waals surface area (Å²) in [6.07, 6.45) is 0. The van der Waals surface area contributed by atoms with Crippen LogP contribution in [0, 0.1) is 28.8 Å². The number of hydrogen-bond acceptors (Lipinski definition) is 6. The second-order valence-corrected chi connectivity index (χ2v) is 9.96. The number of phenolic OH excluding ortho intramolecular Hbond substituents is 1. The van der Waals surface area contributed by atoms with Crippen molar-refractivity contribution in [3.8, 4) is 22.3 Å². The van der Waals surface area contributed by atoms with Gasteiger partial charge in [-0.2, -0.15) is 9.65 Å². The minimum atomic E-state index is -3.88. The van der Waals surface area contributed by atoms with Crippen LogP contribution < -0.4 is 4.72 Å². The molecule has 2 N–H and O–H groups in total. The minimum Gasteiger partial charge on any atom is -0.503 e. The van der Waals surface area contributed by atoms with Gasteiger partial charge in [-0.3, -0.25) is 9.52 Å². The van der Waals surface area contributed by atoms with E-state index in [2.05, 4.69) is 4.72 Å². The SMILES string of the molecule is N#Cc1ccc(S(=O)(=O)Nc2ccc(-c3ccc(C(=O)c4cc(F)c(F)c(O)c4F)s3)cc2)cc1. The molecule has 0 aliphatic carbocycles. The molecule has 0 aliphatic rings. The van der Waals surface area contributed by atoms with Crippen molar-refractivity contribution < 1.29 is 31.5 Å². The van der Waals surface area contributed by atoms with E-state index in [1.807, 2.05) is 6.07 Å². The summed E-state index contributed by atoms with van der Waals surface area (Å²) >= 11 is 0.954. The summed E-state index contributed by atoms with van der Waals surface area (Å²) in [5.74, 6) is -7.38. The summed E-state index contributed by atoms with van der Waals surface area (Å²) in [7, 11) is -3.88. The van der Waals surface area contributed by atoms with Crippen LogP contribution in [-0.4, -0.2) is 19.3 Å². The first-order chi connectivity index (χ1) is 16.6. The van der Waals surface area contributed by atoms with Crippen molar-refractivity contribution in [2.75, 3.05) is 4.72 Å². The molecule has 176 valence electrons. The van der Waals surface area contributed by atoms with E-state index in [1.165, 1.54) is 42.5 Å². The maximum atomic E-state index is 14.1. The molecule has 0 bridgehead atoms. The minimum absolute atomic E-state index is 0.0162. The lowest BCUT2D eigenvalue weighted by Crippen LogP contribution is -2.12. The summed E-state index contributed by atoms with van der Waals surface area (Å²) in [5.41, 5.74) is 0.405. The van der Waals surface area contributed by atoms with Gasteiger partial charge >= 0.3 is 0 Å². The smallest absolute Gasteiger partial charge is 0.261 e. The molecular weight excluding hydrogens is 501 g/mol. The van der Waals surface area contributed by atoms with Crippen molar-refractivity contribution in [3.63, 3.8) is 0 Å². The van der Waals surface area contributed by atoms with Crippen molar-refractivity contribution >= 4 is 32.8 Å². The molecule has 1 aromatic heterocycles. The van der Waals surface area contributed by atoms with Crippen molar-refractivity contribution in [2.45, 2.75) is 4.90 Å². The molecule has 0 radical (unpaired) electrons. The number of thiophene rings is 1. The summed E-state index contributed by atoms with van der Waals surface area (Å²) < 4.78 is 68.5. The number of hydrogen-bond donors (Lipinski definition) is 2. The van der Waals surface area contributed by atoms with E-state index in [4.69, 9.17) is 5.26 Å². The highest BCUT2D eigenvalue weighted by Crippen LogP contribution is 2.33. The van der Waals surface area contributed by atoms with Gasteiger partial charge in [0.05, 0.1) is 27.0 Å². The first-order valence-electron chi connectivity index (χ1n) is 9.75. The van der Waals surface area contributed by atoms with Crippen LogP contribution in [0.3, 0.4) is 0 Å². The van der Waals surface area contributed by atoms with Gasteiger partial charge in [0.15, 0.2) is 17.4 Å². The fourth-order valence-corrected chi connectivity index (χ4v) is 5.15. The predicted molar refractivity (Wildman–Crippen MR) is 123 cm³/mol. The quantitative estimate of drug-likeness (QED) is 0.263. The van der Waals surface area contributed by atoms with E-state index in [9.17, 15) is 31.5 Å². The number of phenols is 1. The topological polar surface area (TPSA) is 107 Å². The van der Waals surface area contributed by atoms with Gasteiger partial charge in [0.2, 0.25) is 11.6 Å². The standard InChI is InChI=1S/C24H13F3N2O4S2/c25-18-11-17(21(26)24(31)22(18)27)23(30)20-10-9-19(34-20)14-3-5-15(6-4-14)29-35(32,33)16-7-1-13(12-28)2-8-16/h1-11,29,31H. The number of nitrogens with zero attached hydrogens (tertiary/aromatic N) is 1. The first-order valence-corrected chi connectivity index (χ1v) is 12.0. The molecule has 35 heavy (non-hydrogen) atoms. The number of ketones is 1. The van der Waals surface area contributed by atoms with Crippen molar-refractivity contribution in [2.24, 2.45) is 0 Å². The summed E-state index contributed by atoms with van der Waals surface area (Å²) in [4.78, 5) is 13.2. The lowest BCUT2D eigenvalue weighted by Gasteiger charge is -2.09. The zero-order valence-corrected chi connectivity index (χ0v) is 19.1. The van der Waals surface area contributed by atoms with Crippen molar-refractivity contribution in [1.82, 2.24) is 0 Å². The third-order valence-electron chi connectivity index (χ3n) is 4.92. The molecule has 0 saturated heterocycles. The van der Waals surface area contributed by atoms with Gasteiger partial charge in [-0.05, 0) is 60.2 Å². The van der Waals surface area contributed by atoms with Crippen LogP contribution in [0.1, 0.15) is 20.8 Å². The molecule has 11 heteroatoms. The molecule has 0 fully saturated rings. The lowest BCUT2D eigenvalue weighted by molar-refractivity contribution is 0.103. The first kappa shape index (κ1) is 24.0. The highest BCUT2D eigenvalue weighted by atomic mass is 32.2. The molecular formula is C24H13F3N2O4S2. The zero-order valence-electron chi connectivity index (χ0n) is 17.4. The highest BCUT2D eigenvalue weighted by Gasteiger charge is 2.24. The molecule has 1 heterocycles. The maximum absolute atomic E-state index is 14.1. The molecule has 6 nitrogen and oxygen atoms in total. The van der Waals surface area contributed by atoms with Gasteiger partial charge in [-0.15, -0.1) is 11.3 Å². The van der Waals surface area contributed by atoms with Crippen LogP contribution in [0.25, 0.3) is 10.4 Å². The van der Waals surface area contributed by atoms with Gasteiger partial charge in [-0.1, -0.05) is 12.1 Å². The van der Waals surface area contributed by atoms with E-state index >= 15 is 0 Å². The second kappa shape index (κ2) is 9.25. The van der Waals surface area contributed by atoms with Crippen LogP contribution in [0.4, 0.5) is 18.9 Å². The third kappa shape index (κ3) is 4.75. The lowest BCUT2D eigenvalue weighted by atomic mass is 10.1. The number of carbonyl (C=O) groups excluding carboxylic acids is 1. The monoisotopic (exact) mass is 514 g/mol. The number of nitriles is 1. The number of benzene rings is 3. The van der Waals surface area contributed by atoms with Gasteiger partial charge < -0.3 is 5.11 Å². The zero-order chi connectivity index (χ0) is 25.3. The largest absolute Gasteiger partial charge is 0.503 e.